The molecule has 0 atom stereocenters. The molecule has 1 fully saturated rings. The summed E-state index contributed by atoms with van der Waals surface area (Å²) in [5.74, 6) is -0.438. The third-order valence-corrected chi connectivity index (χ3v) is 4.69. The Bertz CT molecular complexity index is 591. The SMILES string of the molecule is COc1c(C2(C(=O)O)CCCCC2)cc(Cl)c(C=O)c1OC. The van der Waals surface area contributed by atoms with Gasteiger partial charge in [-0.15, -0.1) is 0 Å². The predicted molar refractivity (Wildman–Crippen MR) is 82.3 cm³/mol. The first-order chi connectivity index (χ1) is 10.5. The number of carboxylic acid groups (broad SMARTS) is 1. The molecule has 0 spiro atoms. The Morgan fingerprint density at radius 3 is 2.27 bits per heavy atom. The van der Waals surface area contributed by atoms with Gasteiger partial charge >= 0.3 is 5.97 Å². The number of carbonyl (C=O) groups is 2. The number of carboxylic acids is 1. The summed E-state index contributed by atoms with van der Waals surface area (Å²) in [6.07, 6.45) is 4.27. The number of methoxy groups -OCH3 is 2. The summed E-state index contributed by atoms with van der Waals surface area (Å²) in [6.45, 7) is 0. The van der Waals surface area contributed by atoms with Crippen molar-refractivity contribution in [2.24, 2.45) is 0 Å². The van der Waals surface area contributed by atoms with E-state index >= 15 is 0 Å². The summed E-state index contributed by atoms with van der Waals surface area (Å²) in [7, 11) is 2.83. The largest absolute Gasteiger partial charge is 0.493 e. The fraction of sp³-hybridized carbons (Fsp3) is 0.500. The molecule has 1 saturated carbocycles. The molecule has 1 N–H and O–H groups in total. The molecule has 0 amide bonds. The molecule has 0 radical (unpaired) electrons. The standard InChI is InChI=1S/C16H19ClO5/c1-21-13-10(9-18)12(17)8-11(14(13)22-2)16(15(19)20)6-4-3-5-7-16/h8-9H,3-7H2,1-2H3,(H,19,20). The van der Waals surface area contributed by atoms with Crippen molar-refractivity contribution in [2.45, 2.75) is 37.5 Å². The summed E-state index contributed by atoms with van der Waals surface area (Å²) in [6, 6.07) is 1.53. The molecule has 0 saturated heterocycles. The van der Waals surface area contributed by atoms with E-state index in [2.05, 4.69) is 0 Å². The number of ether oxygens (including phenoxy) is 2. The van der Waals surface area contributed by atoms with Crippen LogP contribution in [0.3, 0.4) is 0 Å². The molecule has 0 aliphatic heterocycles. The minimum Gasteiger partial charge on any atom is -0.493 e. The van der Waals surface area contributed by atoms with Crippen LogP contribution in [0.4, 0.5) is 0 Å². The van der Waals surface area contributed by atoms with Crippen LogP contribution in [-0.4, -0.2) is 31.6 Å². The molecule has 2 rings (SSSR count). The minimum absolute atomic E-state index is 0.168. The van der Waals surface area contributed by atoms with Crippen molar-refractivity contribution in [3.63, 3.8) is 0 Å². The van der Waals surface area contributed by atoms with E-state index in [4.69, 9.17) is 21.1 Å². The Morgan fingerprint density at radius 1 is 1.23 bits per heavy atom. The lowest BCUT2D eigenvalue weighted by atomic mass is 9.69. The van der Waals surface area contributed by atoms with Crippen LogP contribution in [0, 0.1) is 0 Å². The number of rotatable bonds is 5. The fourth-order valence-corrected chi connectivity index (χ4v) is 3.49. The number of benzene rings is 1. The second-order valence-electron chi connectivity index (χ2n) is 5.45. The zero-order chi connectivity index (χ0) is 16.3. The van der Waals surface area contributed by atoms with E-state index in [9.17, 15) is 14.7 Å². The Balaban J connectivity index is 2.75. The van der Waals surface area contributed by atoms with Gasteiger partial charge in [0.2, 0.25) is 0 Å². The van der Waals surface area contributed by atoms with Gasteiger partial charge in [0, 0.05) is 5.56 Å². The van der Waals surface area contributed by atoms with Gasteiger partial charge in [-0.25, -0.2) is 0 Å². The lowest BCUT2D eigenvalue weighted by Crippen LogP contribution is -2.38. The number of hydrogen-bond donors (Lipinski definition) is 1. The quantitative estimate of drug-likeness (QED) is 0.839. The van der Waals surface area contributed by atoms with Gasteiger partial charge in [-0.1, -0.05) is 30.9 Å². The molecule has 22 heavy (non-hydrogen) atoms. The maximum absolute atomic E-state index is 12.0. The Morgan fingerprint density at radius 2 is 1.82 bits per heavy atom. The molecular formula is C16H19ClO5. The van der Waals surface area contributed by atoms with E-state index in [0.29, 0.717) is 24.7 Å². The van der Waals surface area contributed by atoms with Crippen molar-refractivity contribution in [3.8, 4) is 11.5 Å². The van der Waals surface area contributed by atoms with Crippen LogP contribution in [0.5, 0.6) is 11.5 Å². The number of aliphatic carboxylic acids is 1. The third-order valence-electron chi connectivity index (χ3n) is 4.38. The van der Waals surface area contributed by atoms with E-state index < -0.39 is 11.4 Å². The van der Waals surface area contributed by atoms with Gasteiger partial charge in [0.05, 0.1) is 30.2 Å². The summed E-state index contributed by atoms with van der Waals surface area (Å²) in [4.78, 5) is 23.2. The highest BCUT2D eigenvalue weighted by molar-refractivity contribution is 6.33. The topological polar surface area (TPSA) is 72.8 Å². The number of aldehydes is 1. The van der Waals surface area contributed by atoms with Crippen LogP contribution >= 0.6 is 11.6 Å². The molecule has 0 heterocycles. The normalized spacial score (nSPS) is 16.9. The molecule has 0 aromatic heterocycles. The predicted octanol–water partition coefficient (Wildman–Crippen LogP) is 3.46. The van der Waals surface area contributed by atoms with Gasteiger partial charge in [-0.3, -0.25) is 9.59 Å². The van der Waals surface area contributed by atoms with Crippen molar-refractivity contribution in [3.05, 3.63) is 22.2 Å². The second kappa shape index (κ2) is 6.57. The lowest BCUT2D eigenvalue weighted by Gasteiger charge is -2.35. The molecular weight excluding hydrogens is 308 g/mol. The first-order valence-electron chi connectivity index (χ1n) is 7.15. The molecule has 1 aliphatic rings. The molecule has 120 valence electrons. The van der Waals surface area contributed by atoms with Gasteiger partial charge < -0.3 is 14.6 Å². The first-order valence-corrected chi connectivity index (χ1v) is 7.53. The van der Waals surface area contributed by atoms with E-state index in [0.717, 1.165) is 19.3 Å². The monoisotopic (exact) mass is 326 g/mol. The lowest BCUT2D eigenvalue weighted by molar-refractivity contribution is -0.145. The number of carbonyl (C=O) groups excluding carboxylic acids is 1. The van der Waals surface area contributed by atoms with Crippen LogP contribution < -0.4 is 9.47 Å². The molecule has 1 aliphatic carbocycles. The Labute approximate surface area is 134 Å². The van der Waals surface area contributed by atoms with Crippen molar-refractivity contribution in [1.29, 1.82) is 0 Å². The highest BCUT2D eigenvalue weighted by Gasteiger charge is 2.44. The van der Waals surface area contributed by atoms with Crippen LogP contribution in [0.1, 0.15) is 48.0 Å². The summed E-state index contributed by atoms with van der Waals surface area (Å²) < 4.78 is 10.6. The maximum Gasteiger partial charge on any atom is 0.314 e. The van der Waals surface area contributed by atoms with Crippen LogP contribution in [0.25, 0.3) is 0 Å². The van der Waals surface area contributed by atoms with Crippen molar-refractivity contribution < 1.29 is 24.2 Å². The number of halogens is 1. The molecule has 5 nitrogen and oxygen atoms in total. The summed E-state index contributed by atoms with van der Waals surface area (Å²) in [5, 5.41) is 10.0. The Kier molecular flexibility index (Phi) is 4.96. The third kappa shape index (κ3) is 2.54. The van der Waals surface area contributed by atoms with Gasteiger partial charge in [-0.2, -0.15) is 0 Å². The highest BCUT2D eigenvalue weighted by Crippen LogP contribution is 2.49. The molecule has 1 aromatic rings. The maximum atomic E-state index is 12.0. The van der Waals surface area contributed by atoms with E-state index in [-0.39, 0.29) is 22.1 Å². The van der Waals surface area contributed by atoms with E-state index in [1.807, 2.05) is 0 Å². The first kappa shape index (κ1) is 16.6. The van der Waals surface area contributed by atoms with Gasteiger partial charge in [-0.05, 0) is 18.9 Å². The summed E-state index contributed by atoms with van der Waals surface area (Å²) >= 11 is 6.17. The molecule has 0 unspecified atom stereocenters. The van der Waals surface area contributed by atoms with Crippen LogP contribution in [-0.2, 0) is 10.2 Å². The minimum atomic E-state index is -1.05. The van der Waals surface area contributed by atoms with Crippen LogP contribution in [0.15, 0.2) is 6.07 Å². The van der Waals surface area contributed by atoms with E-state index in [1.54, 1.807) is 0 Å². The molecule has 1 aromatic carbocycles. The number of hydrogen-bond acceptors (Lipinski definition) is 4. The fourth-order valence-electron chi connectivity index (χ4n) is 3.25. The van der Waals surface area contributed by atoms with Gasteiger partial charge in [0.25, 0.3) is 0 Å². The average molecular weight is 327 g/mol. The van der Waals surface area contributed by atoms with Crippen LogP contribution in [0.2, 0.25) is 5.02 Å². The van der Waals surface area contributed by atoms with Crippen molar-refractivity contribution >= 4 is 23.9 Å². The van der Waals surface area contributed by atoms with Gasteiger partial charge in [0.1, 0.15) is 0 Å². The van der Waals surface area contributed by atoms with E-state index in [1.165, 1.54) is 20.3 Å². The highest BCUT2D eigenvalue weighted by atomic mass is 35.5. The smallest absolute Gasteiger partial charge is 0.314 e. The summed E-state index contributed by atoms with van der Waals surface area (Å²) in [5.41, 5.74) is -0.405. The van der Waals surface area contributed by atoms with Crippen molar-refractivity contribution in [1.82, 2.24) is 0 Å². The zero-order valence-electron chi connectivity index (χ0n) is 12.6. The second-order valence-corrected chi connectivity index (χ2v) is 5.86. The zero-order valence-corrected chi connectivity index (χ0v) is 13.4. The average Bonchev–Trinajstić information content (AvgIpc) is 2.54. The van der Waals surface area contributed by atoms with Crippen molar-refractivity contribution in [2.75, 3.05) is 14.2 Å². The molecule has 0 bridgehead atoms. The molecule has 6 heteroatoms. The Hall–Kier alpha value is -1.75. The van der Waals surface area contributed by atoms with Gasteiger partial charge in [0.15, 0.2) is 17.8 Å².